The predicted molar refractivity (Wildman–Crippen MR) is 86.9 cm³/mol. The Balaban J connectivity index is 1.57. The molecule has 1 saturated heterocycles. The van der Waals surface area contributed by atoms with E-state index in [1.54, 1.807) is 12.3 Å². The van der Waals surface area contributed by atoms with Gasteiger partial charge in [-0.2, -0.15) is 0 Å². The fourth-order valence-electron chi connectivity index (χ4n) is 2.59. The van der Waals surface area contributed by atoms with Gasteiger partial charge in [-0.15, -0.1) is 0 Å². The lowest BCUT2D eigenvalue weighted by atomic mass is 10.1. The Bertz CT molecular complexity index is 637. The summed E-state index contributed by atoms with van der Waals surface area (Å²) in [7, 11) is 0. The molecule has 1 aromatic heterocycles. The van der Waals surface area contributed by atoms with Crippen LogP contribution >= 0.6 is 11.6 Å². The second-order valence-corrected chi connectivity index (χ2v) is 5.76. The number of aldehydes is 1. The van der Waals surface area contributed by atoms with Crippen molar-refractivity contribution in [3.05, 3.63) is 53.2 Å². The van der Waals surface area contributed by atoms with Crippen molar-refractivity contribution in [2.24, 2.45) is 0 Å². The second kappa shape index (κ2) is 6.79. The number of carbonyl (C=O) groups is 1. The molecule has 2 heterocycles. The van der Waals surface area contributed by atoms with Crippen LogP contribution in [0.3, 0.4) is 0 Å². The summed E-state index contributed by atoms with van der Waals surface area (Å²) in [6.07, 6.45) is 4.58. The molecule has 0 N–H and O–H groups in total. The van der Waals surface area contributed by atoms with Gasteiger partial charge in [0.1, 0.15) is 24.0 Å². The van der Waals surface area contributed by atoms with Crippen molar-refractivity contribution in [3.63, 3.8) is 0 Å². The number of halogens is 1. The van der Waals surface area contributed by atoms with Crippen LogP contribution in [0, 0.1) is 0 Å². The van der Waals surface area contributed by atoms with E-state index in [1.165, 1.54) is 0 Å². The van der Waals surface area contributed by atoms with Gasteiger partial charge in [0.25, 0.3) is 0 Å². The standard InChI is InChI=1S/C17H17ClN2O2/c18-14-1-3-15(4-2-14)22-16-6-9-20(10-7-16)17-11-13(12-21)5-8-19-17/h1-5,8,11-12,16H,6-7,9-10H2. The third-order valence-corrected chi connectivity index (χ3v) is 4.04. The summed E-state index contributed by atoms with van der Waals surface area (Å²) in [5.41, 5.74) is 0.657. The minimum atomic E-state index is 0.201. The molecule has 0 spiro atoms. The summed E-state index contributed by atoms with van der Waals surface area (Å²) in [5.74, 6) is 1.71. The quantitative estimate of drug-likeness (QED) is 0.808. The minimum Gasteiger partial charge on any atom is -0.490 e. The van der Waals surface area contributed by atoms with E-state index in [2.05, 4.69) is 9.88 Å². The molecule has 1 aliphatic heterocycles. The van der Waals surface area contributed by atoms with Crippen molar-refractivity contribution in [1.82, 2.24) is 4.98 Å². The highest BCUT2D eigenvalue weighted by Gasteiger charge is 2.21. The molecule has 0 unspecified atom stereocenters. The van der Waals surface area contributed by atoms with Crippen molar-refractivity contribution in [3.8, 4) is 5.75 Å². The molecule has 1 aromatic carbocycles. The van der Waals surface area contributed by atoms with Gasteiger partial charge in [0, 0.05) is 42.7 Å². The fraction of sp³-hybridized carbons (Fsp3) is 0.294. The van der Waals surface area contributed by atoms with Crippen LogP contribution in [0.2, 0.25) is 5.02 Å². The minimum absolute atomic E-state index is 0.201. The SMILES string of the molecule is O=Cc1ccnc(N2CCC(Oc3ccc(Cl)cc3)CC2)c1. The largest absolute Gasteiger partial charge is 0.490 e. The molecule has 0 radical (unpaired) electrons. The number of rotatable bonds is 4. The number of ether oxygens (including phenoxy) is 1. The number of nitrogens with zero attached hydrogens (tertiary/aromatic N) is 2. The zero-order chi connectivity index (χ0) is 15.4. The van der Waals surface area contributed by atoms with E-state index < -0.39 is 0 Å². The predicted octanol–water partition coefficient (Wildman–Crippen LogP) is 3.60. The summed E-state index contributed by atoms with van der Waals surface area (Å²) in [6, 6.07) is 11.0. The number of hydrogen-bond donors (Lipinski definition) is 0. The lowest BCUT2D eigenvalue weighted by Crippen LogP contribution is -2.38. The molecule has 0 saturated carbocycles. The third-order valence-electron chi connectivity index (χ3n) is 3.79. The highest BCUT2D eigenvalue weighted by atomic mass is 35.5. The molecule has 4 nitrogen and oxygen atoms in total. The molecule has 114 valence electrons. The van der Waals surface area contributed by atoms with Crippen LogP contribution < -0.4 is 9.64 Å². The van der Waals surface area contributed by atoms with Gasteiger partial charge in [-0.25, -0.2) is 4.98 Å². The van der Waals surface area contributed by atoms with E-state index in [4.69, 9.17) is 16.3 Å². The monoisotopic (exact) mass is 316 g/mol. The van der Waals surface area contributed by atoms with Crippen LogP contribution in [0.4, 0.5) is 5.82 Å². The molecule has 0 aliphatic carbocycles. The van der Waals surface area contributed by atoms with Gasteiger partial charge in [0.15, 0.2) is 0 Å². The molecule has 3 rings (SSSR count). The van der Waals surface area contributed by atoms with E-state index in [1.807, 2.05) is 30.3 Å². The number of aromatic nitrogens is 1. The van der Waals surface area contributed by atoms with Crippen LogP contribution in [0.1, 0.15) is 23.2 Å². The Morgan fingerprint density at radius 1 is 1.18 bits per heavy atom. The Kier molecular flexibility index (Phi) is 4.59. The van der Waals surface area contributed by atoms with E-state index in [0.29, 0.717) is 10.6 Å². The maximum atomic E-state index is 10.8. The summed E-state index contributed by atoms with van der Waals surface area (Å²) < 4.78 is 5.98. The van der Waals surface area contributed by atoms with Gasteiger partial charge < -0.3 is 9.64 Å². The van der Waals surface area contributed by atoms with Crippen LogP contribution in [-0.2, 0) is 0 Å². The summed E-state index contributed by atoms with van der Waals surface area (Å²) >= 11 is 5.87. The number of piperidine rings is 1. The van der Waals surface area contributed by atoms with Gasteiger partial charge in [-0.3, -0.25) is 4.79 Å². The van der Waals surface area contributed by atoms with Gasteiger partial charge >= 0.3 is 0 Å². The lowest BCUT2D eigenvalue weighted by Gasteiger charge is -2.33. The third kappa shape index (κ3) is 3.57. The molecular formula is C17H17ClN2O2. The first-order valence-electron chi connectivity index (χ1n) is 7.33. The number of carbonyl (C=O) groups excluding carboxylic acids is 1. The molecule has 1 fully saturated rings. The first-order chi connectivity index (χ1) is 10.7. The topological polar surface area (TPSA) is 42.4 Å². The Morgan fingerprint density at radius 3 is 2.59 bits per heavy atom. The van der Waals surface area contributed by atoms with Crippen LogP contribution in [0.5, 0.6) is 5.75 Å². The molecular weight excluding hydrogens is 300 g/mol. The van der Waals surface area contributed by atoms with Crippen LogP contribution in [0.15, 0.2) is 42.6 Å². The van der Waals surface area contributed by atoms with Crippen LogP contribution in [-0.4, -0.2) is 30.5 Å². The smallest absolute Gasteiger partial charge is 0.150 e. The van der Waals surface area contributed by atoms with Crippen molar-refractivity contribution >= 4 is 23.7 Å². The zero-order valence-corrected chi connectivity index (χ0v) is 12.9. The van der Waals surface area contributed by atoms with Crippen molar-refractivity contribution < 1.29 is 9.53 Å². The molecule has 1 aliphatic rings. The van der Waals surface area contributed by atoms with E-state index in [9.17, 15) is 4.79 Å². The molecule has 2 aromatic rings. The number of hydrogen-bond acceptors (Lipinski definition) is 4. The van der Waals surface area contributed by atoms with Gasteiger partial charge in [-0.1, -0.05) is 11.6 Å². The summed E-state index contributed by atoms with van der Waals surface area (Å²) in [5, 5.41) is 0.711. The molecule has 5 heteroatoms. The maximum Gasteiger partial charge on any atom is 0.150 e. The van der Waals surface area contributed by atoms with Crippen molar-refractivity contribution in [2.75, 3.05) is 18.0 Å². The van der Waals surface area contributed by atoms with Crippen molar-refractivity contribution in [2.45, 2.75) is 18.9 Å². The average Bonchev–Trinajstić information content (AvgIpc) is 2.58. The maximum absolute atomic E-state index is 10.8. The zero-order valence-electron chi connectivity index (χ0n) is 12.1. The normalized spacial score (nSPS) is 15.6. The molecule has 0 amide bonds. The number of anilines is 1. The second-order valence-electron chi connectivity index (χ2n) is 5.32. The first-order valence-corrected chi connectivity index (χ1v) is 7.71. The van der Waals surface area contributed by atoms with E-state index >= 15 is 0 Å². The highest BCUT2D eigenvalue weighted by Crippen LogP contribution is 2.23. The molecule has 0 atom stereocenters. The highest BCUT2D eigenvalue weighted by molar-refractivity contribution is 6.30. The number of benzene rings is 1. The average molecular weight is 317 g/mol. The van der Waals surface area contributed by atoms with E-state index in [-0.39, 0.29) is 6.10 Å². The van der Waals surface area contributed by atoms with E-state index in [0.717, 1.165) is 43.8 Å². The Labute approximate surface area is 134 Å². The lowest BCUT2D eigenvalue weighted by molar-refractivity contribution is 0.112. The summed E-state index contributed by atoms with van der Waals surface area (Å²) in [4.78, 5) is 17.4. The molecule has 22 heavy (non-hydrogen) atoms. The van der Waals surface area contributed by atoms with Gasteiger partial charge in [0.05, 0.1) is 0 Å². The first kappa shape index (κ1) is 14.9. The van der Waals surface area contributed by atoms with Gasteiger partial charge in [-0.05, 0) is 36.4 Å². The Morgan fingerprint density at radius 2 is 1.91 bits per heavy atom. The van der Waals surface area contributed by atoms with Crippen molar-refractivity contribution in [1.29, 1.82) is 0 Å². The fourth-order valence-corrected chi connectivity index (χ4v) is 2.71. The Hall–Kier alpha value is -2.07. The summed E-state index contributed by atoms with van der Waals surface area (Å²) in [6.45, 7) is 1.74. The molecule has 0 bridgehead atoms. The number of pyridine rings is 1. The van der Waals surface area contributed by atoms with Gasteiger partial charge in [0.2, 0.25) is 0 Å². The van der Waals surface area contributed by atoms with Crippen LogP contribution in [0.25, 0.3) is 0 Å².